The van der Waals surface area contributed by atoms with Crippen molar-refractivity contribution in [3.63, 3.8) is 0 Å². The molecule has 0 bridgehead atoms. The summed E-state index contributed by atoms with van der Waals surface area (Å²) in [7, 11) is 1.16. The summed E-state index contributed by atoms with van der Waals surface area (Å²) in [5.74, 6) is -1.23. The van der Waals surface area contributed by atoms with Crippen LogP contribution in [0.15, 0.2) is 29.8 Å². The molecule has 18 heavy (non-hydrogen) atoms. The van der Waals surface area contributed by atoms with Crippen LogP contribution in [-0.2, 0) is 14.3 Å². The van der Waals surface area contributed by atoms with E-state index in [1.807, 2.05) is 0 Å². The van der Waals surface area contributed by atoms with Crippen molar-refractivity contribution < 1.29 is 19.2 Å². The predicted molar refractivity (Wildman–Crippen MR) is 63.8 cm³/mol. The molecule has 0 aliphatic heterocycles. The van der Waals surface area contributed by atoms with Gasteiger partial charge in [-0.2, -0.15) is 0 Å². The van der Waals surface area contributed by atoms with Crippen molar-refractivity contribution in [2.45, 2.75) is 6.92 Å². The van der Waals surface area contributed by atoms with Crippen LogP contribution in [0.1, 0.15) is 12.5 Å². The van der Waals surface area contributed by atoms with Crippen LogP contribution in [0, 0.1) is 10.1 Å². The first-order chi connectivity index (χ1) is 8.45. The third-order valence-corrected chi connectivity index (χ3v) is 2.18. The second-order valence-corrected chi connectivity index (χ2v) is 3.46. The maximum absolute atomic E-state index is 11.3. The fourth-order valence-corrected chi connectivity index (χ4v) is 1.31. The summed E-state index contributed by atoms with van der Waals surface area (Å²) in [6, 6.07) is 5.62. The van der Waals surface area contributed by atoms with Gasteiger partial charge in [-0.1, -0.05) is 12.1 Å². The molecule has 0 saturated carbocycles. The van der Waals surface area contributed by atoms with Crippen molar-refractivity contribution in [2.75, 3.05) is 7.11 Å². The van der Waals surface area contributed by atoms with Crippen molar-refractivity contribution in [2.24, 2.45) is 0 Å². The number of benzene rings is 1. The number of esters is 1. The lowest BCUT2D eigenvalue weighted by Crippen LogP contribution is -2.11. The van der Waals surface area contributed by atoms with Crippen LogP contribution in [0.4, 0.5) is 5.69 Å². The summed E-state index contributed by atoms with van der Waals surface area (Å²) < 4.78 is 4.46. The van der Waals surface area contributed by atoms with E-state index in [4.69, 9.17) is 0 Å². The van der Waals surface area contributed by atoms with Crippen molar-refractivity contribution in [3.8, 4) is 0 Å². The molecule has 0 spiro atoms. The van der Waals surface area contributed by atoms with Gasteiger partial charge in [0, 0.05) is 12.1 Å². The summed E-state index contributed by atoms with van der Waals surface area (Å²) in [6.45, 7) is 1.22. The van der Waals surface area contributed by atoms with Crippen molar-refractivity contribution in [3.05, 3.63) is 45.5 Å². The first-order valence-corrected chi connectivity index (χ1v) is 5.01. The van der Waals surface area contributed by atoms with Crippen LogP contribution in [0.5, 0.6) is 0 Å². The smallest absolute Gasteiger partial charge is 0.341 e. The van der Waals surface area contributed by atoms with Gasteiger partial charge in [0.25, 0.3) is 5.69 Å². The zero-order valence-electron chi connectivity index (χ0n) is 9.88. The molecule has 6 heteroatoms. The zero-order chi connectivity index (χ0) is 13.7. The summed E-state index contributed by atoms with van der Waals surface area (Å²) in [4.78, 5) is 32.6. The lowest BCUT2D eigenvalue weighted by molar-refractivity contribution is -0.384. The third kappa shape index (κ3) is 3.24. The second-order valence-electron chi connectivity index (χ2n) is 3.46. The Morgan fingerprint density at radius 3 is 2.56 bits per heavy atom. The maximum Gasteiger partial charge on any atom is 0.341 e. The van der Waals surface area contributed by atoms with Gasteiger partial charge in [0.1, 0.15) is 5.57 Å². The number of methoxy groups -OCH3 is 1. The fourth-order valence-electron chi connectivity index (χ4n) is 1.31. The molecule has 6 nitrogen and oxygen atoms in total. The minimum absolute atomic E-state index is 0.114. The Hall–Kier alpha value is -2.50. The summed E-state index contributed by atoms with van der Waals surface area (Å²) >= 11 is 0. The van der Waals surface area contributed by atoms with Gasteiger partial charge in [-0.05, 0) is 18.6 Å². The van der Waals surface area contributed by atoms with Gasteiger partial charge in [0.05, 0.1) is 12.0 Å². The monoisotopic (exact) mass is 249 g/mol. The Kier molecular flexibility index (Phi) is 4.31. The Morgan fingerprint density at radius 2 is 2.06 bits per heavy atom. The predicted octanol–water partition coefficient (Wildman–Crippen LogP) is 1.74. The summed E-state index contributed by atoms with van der Waals surface area (Å²) in [5.41, 5.74) is 0.120. The van der Waals surface area contributed by atoms with Crippen molar-refractivity contribution in [1.29, 1.82) is 0 Å². The molecule has 1 aromatic carbocycles. The molecule has 94 valence electrons. The van der Waals surface area contributed by atoms with E-state index in [1.165, 1.54) is 31.2 Å². The zero-order valence-corrected chi connectivity index (χ0v) is 9.88. The highest BCUT2D eigenvalue weighted by molar-refractivity contribution is 6.19. The van der Waals surface area contributed by atoms with Crippen molar-refractivity contribution in [1.82, 2.24) is 0 Å². The highest BCUT2D eigenvalue weighted by Crippen LogP contribution is 2.16. The van der Waals surface area contributed by atoms with E-state index < -0.39 is 16.7 Å². The number of nitro benzene ring substituents is 1. The van der Waals surface area contributed by atoms with E-state index in [-0.39, 0.29) is 11.3 Å². The van der Waals surface area contributed by atoms with Gasteiger partial charge in [0.2, 0.25) is 0 Å². The minimum Gasteiger partial charge on any atom is -0.465 e. The lowest BCUT2D eigenvalue weighted by atomic mass is 10.1. The number of Topliss-reactive ketones (excluding diaryl/α,β-unsaturated/α-hetero) is 1. The Balaban J connectivity index is 3.20. The standard InChI is InChI=1S/C12H11NO5/c1-8(14)11(12(15)18-2)7-9-4-3-5-10(6-9)13(16)17/h3-7H,1-2H3. The van der Waals surface area contributed by atoms with Gasteiger partial charge >= 0.3 is 5.97 Å². The average Bonchev–Trinajstić information content (AvgIpc) is 2.35. The molecule has 1 rings (SSSR count). The average molecular weight is 249 g/mol. The molecule has 0 N–H and O–H groups in total. The van der Waals surface area contributed by atoms with Gasteiger partial charge < -0.3 is 4.74 Å². The Labute approximate surface area is 103 Å². The molecule has 0 aromatic heterocycles. The van der Waals surface area contributed by atoms with Gasteiger partial charge in [0.15, 0.2) is 5.78 Å². The molecular formula is C12H11NO5. The number of hydrogen-bond acceptors (Lipinski definition) is 5. The Bertz CT molecular complexity index is 533. The number of non-ortho nitro benzene ring substituents is 1. The molecule has 0 atom stereocenters. The fraction of sp³-hybridized carbons (Fsp3) is 0.167. The van der Waals surface area contributed by atoms with E-state index in [1.54, 1.807) is 6.07 Å². The van der Waals surface area contributed by atoms with Gasteiger partial charge in [-0.3, -0.25) is 14.9 Å². The molecular weight excluding hydrogens is 238 g/mol. The molecule has 0 amide bonds. The summed E-state index contributed by atoms with van der Waals surface area (Å²) in [5, 5.41) is 10.6. The molecule has 0 radical (unpaired) electrons. The highest BCUT2D eigenvalue weighted by atomic mass is 16.6. The topological polar surface area (TPSA) is 86.5 Å². The summed E-state index contributed by atoms with van der Waals surface area (Å²) in [6.07, 6.45) is 1.27. The van der Waals surface area contributed by atoms with Crippen LogP contribution in [0.2, 0.25) is 0 Å². The molecule has 0 unspecified atom stereocenters. The quantitative estimate of drug-likeness (QED) is 0.202. The van der Waals surface area contributed by atoms with E-state index in [2.05, 4.69) is 4.74 Å². The molecule has 0 aliphatic rings. The highest BCUT2D eigenvalue weighted by Gasteiger charge is 2.15. The van der Waals surface area contributed by atoms with Gasteiger partial charge in [-0.15, -0.1) is 0 Å². The van der Waals surface area contributed by atoms with Crippen LogP contribution in [0.3, 0.4) is 0 Å². The number of rotatable bonds is 4. The van der Waals surface area contributed by atoms with Crippen LogP contribution in [0.25, 0.3) is 6.08 Å². The van der Waals surface area contributed by atoms with E-state index in [0.717, 1.165) is 7.11 Å². The minimum atomic E-state index is -0.769. The van der Waals surface area contributed by atoms with Crippen LogP contribution in [-0.4, -0.2) is 23.8 Å². The molecule has 0 fully saturated rings. The van der Waals surface area contributed by atoms with E-state index in [0.29, 0.717) is 5.56 Å². The van der Waals surface area contributed by atoms with E-state index >= 15 is 0 Å². The van der Waals surface area contributed by atoms with Crippen LogP contribution >= 0.6 is 0 Å². The number of carbonyl (C=O) groups is 2. The maximum atomic E-state index is 11.3. The van der Waals surface area contributed by atoms with Crippen molar-refractivity contribution >= 4 is 23.5 Å². The van der Waals surface area contributed by atoms with Crippen LogP contribution < -0.4 is 0 Å². The molecule has 0 saturated heterocycles. The van der Waals surface area contributed by atoms with E-state index in [9.17, 15) is 19.7 Å². The molecule has 0 heterocycles. The number of nitrogens with zero attached hydrogens (tertiary/aromatic N) is 1. The molecule has 1 aromatic rings. The number of hydrogen-bond donors (Lipinski definition) is 0. The first-order valence-electron chi connectivity index (χ1n) is 5.01. The Morgan fingerprint density at radius 1 is 1.39 bits per heavy atom. The SMILES string of the molecule is COC(=O)C(=Cc1cccc([N+](=O)[O-])c1)C(C)=O. The van der Waals surface area contributed by atoms with Gasteiger partial charge in [-0.25, -0.2) is 4.79 Å². The second kappa shape index (κ2) is 5.72. The third-order valence-electron chi connectivity index (χ3n) is 2.18. The molecule has 0 aliphatic carbocycles. The largest absolute Gasteiger partial charge is 0.465 e. The number of carbonyl (C=O) groups excluding carboxylic acids is 2. The number of ether oxygens (including phenoxy) is 1. The normalized spacial score (nSPS) is 10.9. The lowest BCUT2D eigenvalue weighted by Gasteiger charge is -2.01. The number of nitro groups is 1. The first kappa shape index (κ1) is 13.6. The number of ketones is 1.